The first-order chi connectivity index (χ1) is 8.18. The smallest absolute Gasteiger partial charge is 0.250 e. The summed E-state index contributed by atoms with van der Waals surface area (Å²) in [6, 6.07) is 9.55. The molecule has 3 nitrogen and oxygen atoms in total. The first-order valence-electron chi connectivity index (χ1n) is 5.47. The molecule has 0 spiro atoms. The summed E-state index contributed by atoms with van der Waals surface area (Å²) in [4.78, 5) is 0. The second-order valence-electron chi connectivity index (χ2n) is 3.70. The van der Waals surface area contributed by atoms with E-state index in [-0.39, 0.29) is 13.2 Å². The molecule has 1 aromatic rings. The zero-order valence-electron chi connectivity index (χ0n) is 9.48. The molecule has 96 valence electrons. The predicted octanol–water partition coefficient (Wildman–Crippen LogP) is 1.42. The number of benzene rings is 1. The van der Waals surface area contributed by atoms with E-state index in [0.717, 1.165) is 5.56 Å². The molecule has 0 saturated carbocycles. The molecule has 0 saturated heterocycles. The van der Waals surface area contributed by atoms with Crippen molar-refractivity contribution < 1.29 is 18.6 Å². The summed E-state index contributed by atoms with van der Waals surface area (Å²) in [7, 11) is 0. The standard InChI is InChI=1S/C12H17F2NO2/c13-12(14)7-15-6-11(16)9-17-8-10-4-2-1-3-5-10/h1-5,11-12,15-16H,6-9H2. The average molecular weight is 245 g/mol. The largest absolute Gasteiger partial charge is 0.389 e. The van der Waals surface area contributed by atoms with Gasteiger partial charge in [-0.3, -0.25) is 0 Å². The van der Waals surface area contributed by atoms with Crippen LogP contribution < -0.4 is 5.32 Å². The first-order valence-corrected chi connectivity index (χ1v) is 5.47. The second kappa shape index (κ2) is 8.11. The highest BCUT2D eigenvalue weighted by Crippen LogP contribution is 2.00. The molecule has 0 radical (unpaired) electrons. The van der Waals surface area contributed by atoms with Gasteiger partial charge in [-0.2, -0.15) is 0 Å². The number of nitrogens with one attached hydrogen (secondary N) is 1. The van der Waals surface area contributed by atoms with Gasteiger partial charge in [0.05, 0.1) is 25.9 Å². The van der Waals surface area contributed by atoms with E-state index in [9.17, 15) is 13.9 Å². The van der Waals surface area contributed by atoms with E-state index < -0.39 is 19.1 Å². The third-order valence-electron chi connectivity index (χ3n) is 2.10. The van der Waals surface area contributed by atoms with Crippen molar-refractivity contribution in [3.8, 4) is 0 Å². The molecule has 2 N–H and O–H groups in total. The molecule has 0 aliphatic heterocycles. The van der Waals surface area contributed by atoms with E-state index in [1.807, 2.05) is 30.3 Å². The molecular formula is C12H17F2NO2. The third-order valence-corrected chi connectivity index (χ3v) is 2.10. The van der Waals surface area contributed by atoms with Crippen LogP contribution in [0.15, 0.2) is 30.3 Å². The topological polar surface area (TPSA) is 41.5 Å². The summed E-state index contributed by atoms with van der Waals surface area (Å²) < 4.78 is 28.8. The van der Waals surface area contributed by atoms with Gasteiger partial charge in [0.1, 0.15) is 0 Å². The Balaban J connectivity index is 2.06. The Hall–Kier alpha value is -1.04. The Morgan fingerprint density at radius 3 is 2.53 bits per heavy atom. The molecule has 1 aromatic carbocycles. The van der Waals surface area contributed by atoms with Crippen LogP contribution in [0.3, 0.4) is 0 Å². The van der Waals surface area contributed by atoms with Crippen LogP contribution in [-0.2, 0) is 11.3 Å². The van der Waals surface area contributed by atoms with Crippen molar-refractivity contribution in [3.63, 3.8) is 0 Å². The van der Waals surface area contributed by atoms with Gasteiger partial charge in [-0.1, -0.05) is 30.3 Å². The molecule has 0 heterocycles. The van der Waals surface area contributed by atoms with Crippen molar-refractivity contribution in [3.05, 3.63) is 35.9 Å². The van der Waals surface area contributed by atoms with Gasteiger partial charge >= 0.3 is 0 Å². The Bertz CT molecular complexity index is 296. The molecule has 0 fully saturated rings. The zero-order valence-corrected chi connectivity index (χ0v) is 9.48. The number of rotatable bonds is 8. The Kier molecular flexibility index (Phi) is 6.69. The molecule has 0 aromatic heterocycles. The summed E-state index contributed by atoms with van der Waals surface area (Å²) in [5.41, 5.74) is 1.01. The molecule has 0 bridgehead atoms. The highest BCUT2D eigenvalue weighted by molar-refractivity contribution is 5.13. The monoisotopic (exact) mass is 245 g/mol. The van der Waals surface area contributed by atoms with Gasteiger partial charge in [0.15, 0.2) is 0 Å². The van der Waals surface area contributed by atoms with Crippen LogP contribution in [0.25, 0.3) is 0 Å². The molecule has 0 amide bonds. The molecule has 1 unspecified atom stereocenters. The minimum atomic E-state index is -2.40. The Morgan fingerprint density at radius 1 is 1.18 bits per heavy atom. The lowest BCUT2D eigenvalue weighted by molar-refractivity contribution is 0.0266. The summed E-state index contributed by atoms with van der Waals surface area (Å²) in [6.07, 6.45) is -3.16. The van der Waals surface area contributed by atoms with E-state index in [2.05, 4.69) is 5.32 Å². The van der Waals surface area contributed by atoms with E-state index in [0.29, 0.717) is 6.61 Å². The van der Waals surface area contributed by atoms with Gasteiger partial charge < -0.3 is 15.2 Å². The van der Waals surface area contributed by atoms with E-state index >= 15 is 0 Å². The van der Waals surface area contributed by atoms with E-state index in [1.54, 1.807) is 0 Å². The number of hydrogen-bond donors (Lipinski definition) is 2. The fourth-order valence-electron chi connectivity index (χ4n) is 1.31. The zero-order chi connectivity index (χ0) is 12.5. The van der Waals surface area contributed by atoms with Crippen molar-refractivity contribution in [2.24, 2.45) is 0 Å². The summed E-state index contributed by atoms with van der Waals surface area (Å²) >= 11 is 0. The lowest BCUT2D eigenvalue weighted by Gasteiger charge is -2.12. The quantitative estimate of drug-likeness (QED) is 0.727. The molecule has 1 rings (SSSR count). The summed E-state index contributed by atoms with van der Waals surface area (Å²) in [5.74, 6) is 0. The third kappa shape index (κ3) is 6.99. The van der Waals surface area contributed by atoms with Crippen molar-refractivity contribution in [2.75, 3.05) is 19.7 Å². The fraction of sp³-hybridized carbons (Fsp3) is 0.500. The Labute approximate surface area is 99.4 Å². The van der Waals surface area contributed by atoms with Gasteiger partial charge in [0.25, 0.3) is 6.43 Å². The molecular weight excluding hydrogens is 228 g/mol. The number of halogens is 2. The van der Waals surface area contributed by atoms with Gasteiger partial charge in [0, 0.05) is 6.54 Å². The van der Waals surface area contributed by atoms with Crippen LogP contribution in [0, 0.1) is 0 Å². The average Bonchev–Trinajstić information content (AvgIpc) is 2.30. The molecule has 1 atom stereocenters. The number of alkyl halides is 2. The SMILES string of the molecule is OC(CNCC(F)F)COCc1ccccc1. The van der Waals surface area contributed by atoms with Crippen LogP contribution in [-0.4, -0.2) is 37.3 Å². The van der Waals surface area contributed by atoms with E-state index in [4.69, 9.17) is 4.74 Å². The number of hydrogen-bond acceptors (Lipinski definition) is 3. The lowest BCUT2D eigenvalue weighted by Crippen LogP contribution is -2.33. The second-order valence-corrected chi connectivity index (χ2v) is 3.70. The maximum absolute atomic E-state index is 11.8. The van der Waals surface area contributed by atoms with Crippen LogP contribution in [0.2, 0.25) is 0 Å². The summed E-state index contributed by atoms with van der Waals surface area (Å²) in [5, 5.41) is 11.9. The number of aliphatic hydroxyl groups excluding tert-OH is 1. The summed E-state index contributed by atoms with van der Waals surface area (Å²) in [6.45, 7) is 0.243. The number of aliphatic hydroxyl groups is 1. The van der Waals surface area contributed by atoms with Gasteiger partial charge in [0.2, 0.25) is 0 Å². The molecule has 0 aliphatic rings. The number of ether oxygens (including phenoxy) is 1. The van der Waals surface area contributed by atoms with Crippen molar-refractivity contribution >= 4 is 0 Å². The maximum atomic E-state index is 11.8. The van der Waals surface area contributed by atoms with Crippen LogP contribution in [0.1, 0.15) is 5.56 Å². The van der Waals surface area contributed by atoms with Gasteiger partial charge in [-0.05, 0) is 5.56 Å². The maximum Gasteiger partial charge on any atom is 0.250 e. The minimum absolute atomic E-state index is 0.110. The van der Waals surface area contributed by atoms with Crippen molar-refractivity contribution in [1.29, 1.82) is 0 Å². The Morgan fingerprint density at radius 2 is 1.88 bits per heavy atom. The van der Waals surface area contributed by atoms with Gasteiger partial charge in [-0.25, -0.2) is 8.78 Å². The van der Waals surface area contributed by atoms with E-state index in [1.165, 1.54) is 0 Å². The normalized spacial score (nSPS) is 12.9. The minimum Gasteiger partial charge on any atom is -0.389 e. The lowest BCUT2D eigenvalue weighted by atomic mass is 10.2. The first kappa shape index (κ1) is 14.0. The van der Waals surface area contributed by atoms with Crippen LogP contribution in [0.5, 0.6) is 0 Å². The van der Waals surface area contributed by atoms with Crippen LogP contribution >= 0.6 is 0 Å². The highest BCUT2D eigenvalue weighted by atomic mass is 19.3. The molecule has 5 heteroatoms. The van der Waals surface area contributed by atoms with Gasteiger partial charge in [-0.15, -0.1) is 0 Å². The van der Waals surface area contributed by atoms with Crippen LogP contribution in [0.4, 0.5) is 8.78 Å². The highest BCUT2D eigenvalue weighted by Gasteiger charge is 2.06. The molecule has 0 aliphatic carbocycles. The van der Waals surface area contributed by atoms with Crippen molar-refractivity contribution in [2.45, 2.75) is 19.1 Å². The van der Waals surface area contributed by atoms with Crippen molar-refractivity contribution in [1.82, 2.24) is 5.32 Å². The molecule has 17 heavy (non-hydrogen) atoms. The fourth-order valence-corrected chi connectivity index (χ4v) is 1.31. The predicted molar refractivity (Wildman–Crippen MR) is 61.0 cm³/mol.